The number of aryl methyl sites for hydroxylation is 4. The number of carbonyl (C=O) groups excluding carboxylic acids is 5. The van der Waals surface area contributed by atoms with Crippen LogP contribution in [0.4, 0.5) is 11.9 Å². The summed E-state index contributed by atoms with van der Waals surface area (Å²) < 4.78 is 23.6. The monoisotopic (exact) mass is 865 g/mol. The maximum Gasteiger partial charge on any atom is 0.323 e. The summed E-state index contributed by atoms with van der Waals surface area (Å²) in [5.41, 5.74) is 20.9. The van der Waals surface area contributed by atoms with Gasteiger partial charge in [0.2, 0.25) is 23.7 Å². The Hall–Kier alpha value is -7.55. The fraction of sp³-hybridized carbons (Fsp3) is 0.357. The van der Waals surface area contributed by atoms with Crippen LogP contribution in [0.3, 0.4) is 0 Å². The zero-order chi connectivity index (χ0) is 45.7. The SMILES string of the molecule is CCn1nc(C)cc1C(=O)Nc1nc2cc(C(N)=O)cc(OC)c2n1C/C=C/Cn1c(NC(=O)c2cc(C)nn2CC)nc2cc(C(N)=O)cc(OCCOC(=O)[C@@H](N)C(C)C)c21. The van der Waals surface area contributed by atoms with Crippen molar-refractivity contribution in [3.8, 4) is 11.5 Å². The summed E-state index contributed by atoms with van der Waals surface area (Å²) in [5.74, 6) is -2.41. The Bertz CT molecular complexity index is 2760. The number of carbonyl (C=O) groups is 5. The zero-order valence-electron chi connectivity index (χ0n) is 36.1. The van der Waals surface area contributed by atoms with E-state index in [1.54, 1.807) is 70.5 Å². The average molecular weight is 866 g/mol. The summed E-state index contributed by atoms with van der Waals surface area (Å²) in [7, 11) is 1.44. The number of amides is 4. The molecule has 0 aliphatic heterocycles. The van der Waals surface area contributed by atoms with Crippen LogP contribution in [0.15, 0.2) is 48.6 Å². The Morgan fingerprint density at radius 2 is 1.17 bits per heavy atom. The molecule has 0 aliphatic carbocycles. The molecule has 0 aliphatic rings. The highest BCUT2D eigenvalue weighted by atomic mass is 16.6. The molecule has 63 heavy (non-hydrogen) atoms. The first kappa shape index (κ1) is 45.0. The minimum atomic E-state index is -0.821. The Morgan fingerprint density at radius 1 is 0.714 bits per heavy atom. The molecule has 0 unspecified atom stereocenters. The van der Waals surface area contributed by atoms with E-state index in [-0.39, 0.29) is 72.3 Å². The Morgan fingerprint density at radius 3 is 1.60 bits per heavy atom. The van der Waals surface area contributed by atoms with E-state index in [1.165, 1.54) is 31.4 Å². The number of methoxy groups -OCH3 is 1. The molecule has 4 heterocycles. The topological polar surface area (TPSA) is 286 Å². The summed E-state index contributed by atoms with van der Waals surface area (Å²) in [4.78, 5) is 74.0. The number of primary amides is 2. The molecule has 21 nitrogen and oxygen atoms in total. The van der Waals surface area contributed by atoms with Gasteiger partial charge in [0.1, 0.15) is 53.2 Å². The van der Waals surface area contributed by atoms with Crippen LogP contribution in [-0.2, 0) is 35.7 Å². The molecule has 8 N–H and O–H groups in total. The van der Waals surface area contributed by atoms with E-state index in [0.29, 0.717) is 52.4 Å². The number of nitrogens with zero attached hydrogens (tertiary/aromatic N) is 8. The maximum atomic E-state index is 13.8. The molecular weight excluding hydrogens is 815 g/mol. The van der Waals surface area contributed by atoms with Crippen LogP contribution in [0.25, 0.3) is 22.1 Å². The van der Waals surface area contributed by atoms with Gasteiger partial charge in [0.25, 0.3) is 11.8 Å². The van der Waals surface area contributed by atoms with E-state index in [1.807, 2.05) is 13.8 Å². The van der Waals surface area contributed by atoms with Crippen molar-refractivity contribution in [1.29, 1.82) is 0 Å². The van der Waals surface area contributed by atoms with Crippen LogP contribution in [0.2, 0.25) is 0 Å². The third-order valence-corrected chi connectivity index (χ3v) is 10.0. The number of anilines is 2. The molecule has 0 saturated heterocycles. The minimum absolute atomic E-state index is 0.0783. The lowest BCUT2D eigenvalue weighted by molar-refractivity contribution is -0.147. The Balaban J connectivity index is 1.39. The van der Waals surface area contributed by atoms with Crippen molar-refractivity contribution in [3.63, 3.8) is 0 Å². The summed E-state index contributed by atoms with van der Waals surface area (Å²) in [5, 5.41) is 14.6. The summed E-state index contributed by atoms with van der Waals surface area (Å²) in [6, 6.07) is 8.43. The van der Waals surface area contributed by atoms with Crippen molar-refractivity contribution in [3.05, 3.63) is 82.5 Å². The van der Waals surface area contributed by atoms with Crippen molar-refractivity contribution in [2.24, 2.45) is 23.1 Å². The molecule has 0 bridgehead atoms. The number of allylic oxidation sites excluding steroid dienone is 2. The van der Waals surface area contributed by atoms with Crippen molar-refractivity contribution < 1.29 is 38.2 Å². The molecule has 21 heteroatoms. The smallest absolute Gasteiger partial charge is 0.323 e. The van der Waals surface area contributed by atoms with Crippen molar-refractivity contribution in [2.45, 2.75) is 73.8 Å². The van der Waals surface area contributed by atoms with Gasteiger partial charge in [0, 0.05) is 37.3 Å². The average Bonchev–Trinajstić information content (AvgIpc) is 4.02. The van der Waals surface area contributed by atoms with Gasteiger partial charge in [0.15, 0.2) is 0 Å². The van der Waals surface area contributed by atoms with Gasteiger partial charge in [-0.2, -0.15) is 10.2 Å². The third kappa shape index (κ3) is 9.67. The van der Waals surface area contributed by atoms with Gasteiger partial charge >= 0.3 is 5.97 Å². The van der Waals surface area contributed by atoms with Gasteiger partial charge in [-0.25, -0.2) is 9.97 Å². The van der Waals surface area contributed by atoms with E-state index in [4.69, 9.17) is 36.4 Å². The van der Waals surface area contributed by atoms with Crippen LogP contribution >= 0.6 is 0 Å². The van der Waals surface area contributed by atoms with E-state index in [9.17, 15) is 24.0 Å². The van der Waals surface area contributed by atoms with Crippen LogP contribution in [0.5, 0.6) is 11.5 Å². The standard InChI is InChI=1S/C42H51N13O8/c1-8-54-29(16-23(5)50-54)38(58)48-41-46-27-18-25(36(44)56)20-31(61-7)34(27)52(41)12-10-11-13-53-35-28(47-42(53)49-39(59)30-17-24(6)51-55(30)9-2)19-26(37(45)57)21-32(35)62-14-15-63-40(60)33(43)22(3)4/h10-11,16-22,33H,8-9,12-15,43H2,1-7H3,(H2,44,56)(H2,45,57)(H,46,48,58)(H,47,49,59)/b11-10+/t33-/m0/s1. The lowest BCUT2D eigenvalue weighted by atomic mass is 10.1. The van der Waals surface area contributed by atoms with Gasteiger partial charge < -0.3 is 40.5 Å². The number of fused-ring (bicyclic) bond motifs is 2. The van der Waals surface area contributed by atoms with Crippen molar-refractivity contribution in [2.75, 3.05) is 31.0 Å². The number of esters is 1. The maximum absolute atomic E-state index is 13.8. The second kappa shape index (κ2) is 19.0. The Labute approximate surface area is 361 Å². The van der Waals surface area contributed by atoms with Crippen LogP contribution in [0.1, 0.15) is 80.8 Å². The molecule has 0 saturated carbocycles. The van der Waals surface area contributed by atoms with Gasteiger partial charge in [0.05, 0.1) is 29.5 Å². The van der Waals surface area contributed by atoms with Gasteiger partial charge in [-0.15, -0.1) is 0 Å². The fourth-order valence-corrected chi connectivity index (χ4v) is 6.85. The molecule has 1 atom stereocenters. The van der Waals surface area contributed by atoms with Crippen LogP contribution in [0, 0.1) is 19.8 Å². The number of nitrogens with two attached hydrogens (primary N) is 3. The van der Waals surface area contributed by atoms with E-state index >= 15 is 0 Å². The first-order valence-corrected chi connectivity index (χ1v) is 20.2. The van der Waals surface area contributed by atoms with Gasteiger partial charge in [-0.1, -0.05) is 26.0 Å². The Kier molecular flexibility index (Phi) is 13.6. The summed E-state index contributed by atoms with van der Waals surface area (Å²) >= 11 is 0. The highest BCUT2D eigenvalue weighted by Crippen LogP contribution is 2.33. The molecule has 0 radical (unpaired) electrons. The number of benzene rings is 2. The quantitative estimate of drug-likeness (QED) is 0.0444. The summed E-state index contributed by atoms with van der Waals surface area (Å²) in [6.45, 7) is 11.7. The number of hydrogen-bond donors (Lipinski definition) is 5. The molecule has 6 rings (SSSR count). The zero-order valence-corrected chi connectivity index (χ0v) is 36.1. The van der Waals surface area contributed by atoms with Gasteiger partial charge in [-0.3, -0.25) is 44.0 Å². The molecular formula is C42H51N13O8. The highest BCUT2D eigenvalue weighted by Gasteiger charge is 2.24. The van der Waals surface area contributed by atoms with E-state index in [0.717, 1.165) is 0 Å². The predicted octanol–water partition coefficient (Wildman–Crippen LogP) is 3.31. The second-order valence-electron chi connectivity index (χ2n) is 14.8. The van der Waals surface area contributed by atoms with E-state index < -0.39 is 35.6 Å². The minimum Gasteiger partial charge on any atom is -0.494 e. The molecule has 4 amide bonds. The first-order valence-electron chi connectivity index (χ1n) is 20.2. The number of rotatable bonds is 19. The summed E-state index contributed by atoms with van der Waals surface area (Å²) in [6.07, 6.45) is 3.58. The second-order valence-corrected chi connectivity index (χ2v) is 14.8. The number of imidazole rings is 2. The molecule has 0 spiro atoms. The number of hydrogen-bond acceptors (Lipinski definition) is 13. The number of ether oxygens (including phenoxy) is 3. The van der Waals surface area contributed by atoms with Crippen LogP contribution < -0.4 is 37.3 Å². The van der Waals surface area contributed by atoms with E-state index in [2.05, 4.69) is 25.8 Å². The molecule has 6 aromatic rings. The lowest BCUT2D eigenvalue weighted by Gasteiger charge is -2.15. The first-order chi connectivity index (χ1) is 30.0. The highest BCUT2D eigenvalue weighted by molar-refractivity contribution is 6.05. The fourth-order valence-electron chi connectivity index (χ4n) is 6.85. The van der Waals surface area contributed by atoms with Crippen molar-refractivity contribution in [1.82, 2.24) is 38.7 Å². The normalized spacial score (nSPS) is 12.0. The molecule has 2 aromatic carbocycles. The van der Waals surface area contributed by atoms with Gasteiger partial charge in [-0.05, 0) is 70.0 Å². The lowest BCUT2D eigenvalue weighted by Crippen LogP contribution is -2.37. The predicted molar refractivity (Wildman–Crippen MR) is 233 cm³/mol. The largest absolute Gasteiger partial charge is 0.494 e. The van der Waals surface area contributed by atoms with Crippen LogP contribution in [-0.4, -0.2) is 94.6 Å². The molecule has 0 fully saturated rings. The molecule has 332 valence electrons. The van der Waals surface area contributed by atoms with Crippen molar-refractivity contribution >= 4 is 63.6 Å². The number of aromatic nitrogens is 8. The molecule has 4 aromatic heterocycles. The number of nitrogens with one attached hydrogen (secondary N) is 2. The third-order valence-electron chi connectivity index (χ3n) is 10.0.